The van der Waals surface area contributed by atoms with Crippen molar-refractivity contribution in [2.45, 2.75) is 11.8 Å². The molecular formula is C15H13Br2NOS. The molecule has 5 heteroatoms. The van der Waals surface area contributed by atoms with E-state index in [1.165, 1.54) is 17.3 Å². The smallest absolute Gasteiger partial charge is 0.234 e. The molecule has 0 saturated heterocycles. The van der Waals surface area contributed by atoms with E-state index in [1.54, 1.807) is 0 Å². The summed E-state index contributed by atoms with van der Waals surface area (Å²) in [6.45, 7) is 2.05. The molecule has 0 aliphatic heterocycles. The highest BCUT2D eigenvalue weighted by Crippen LogP contribution is 2.26. The third kappa shape index (κ3) is 4.65. The molecule has 0 bridgehead atoms. The van der Waals surface area contributed by atoms with Crippen molar-refractivity contribution >= 4 is 55.2 Å². The summed E-state index contributed by atoms with van der Waals surface area (Å²) in [5, 5.41) is 2.89. The first kappa shape index (κ1) is 15.6. The van der Waals surface area contributed by atoms with Crippen LogP contribution in [0.4, 0.5) is 5.69 Å². The van der Waals surface area contributed by atoms with Gasteiger partial charge in [-0.2, -0.15) is 0 Å². The zero-order valence-corrected chi connectivity index (χ0v) is 14.8. The average molecular weight is 415 g/mol. The molecule has 0 aromatic heterocycles. The van der Waals surface area contributed by atoms with E-state index in [0.717, 1.165) is 19.5 Å². The lowest BCUT2D eigenvalue weighted by molar-refractivity contribution is -0.113. The van der Waals surface area contributed by atoms with Gasteiger partial charge in [0, 0.05) is 13.8 Å². The number of hydrogen-bond donors (Lipinski definition) is 1. The number of nitrogens with one attached hydrogen (secondary N) is 1. The highest BCUT2D eigenvalue weighted by Gasteiger charge is 2.06. The number of halogens is 2. The highest BCUT2D eigenvalue weighted by molar-refractivity contribution is 9.11. The number of benzene rings is 2. The highest BCUT2D eigenvalue weighted by atomic mass is 79.9. The van der Waals surface area contributed by atoms with E-state index in [-0.39, 0.29) is 5.91 Å². The Hall–Kier alpha value is -0.780. The Bertz CT molecular complexity index is 614. The van der Waals surface area contributed by atoms with Crippen LogP contribution in [0, 0.1) is 6.92 Å². The summed E-state index contributed by atoms with van der Waals surface area (Å²) in [7, 11) is 0. The number of anilines is 1. The van der Waals surface area contributed by atoms with E-state index < -0.39 is 0 Å². The topological polar surface area (TPSA) is 29.1 Å². The molecule has 0 aliphatic carbocycles. The van der Waals surface area contributed by atoms with Crippen molar-refractivity contribution in [1.82, 2.24) is 0 Å². The normalized spacial score (nSPS) is 10.3. The van der Waals surface area contributed by atoms with Crippen molar-refractivity contribution in [2.24, 2.45) is 0 Å². The van der Waals surface area contributed by atoms with Crippen molar-refractivity contribution in [3.63, 3.8) is 0 Å². The van der Waals surface area contributed by atoms with Crippen LogP contribution >= 0.6 is 43.6 Å². The second-order valence-corrected chi connectivity index (χ2v) is 7.09. The molecule has 0 spiro atoms. The molecule has 2 rings (SSSR count). The Labute approximate surface area is 139 Å². The Morgan fingerprint density at radius 1 is 1.15 bits per heavy atom. The number of carbonyl (C=O) groups excluding carboxylic acids is 1. The van der Waals surface area contributed by atoms with Gasteiger partial charge in [0.15, 0.2) is 0 Å². The molecule has 104 valence electrons. The van der Waals surface area contributed by atoms with Gasteiger partial charge in [-0.1, -0.05) is 33.6 Å². The summed E-state index contributed by atoms with van der Waals surface area (Å²) in [6, 6.07) is 13.8. The quantitative estimate of drug-likeness (QED) is 0.692. The van der Waals surface area contributed by atoms with Crippen LogP contribution in [0.5, 0.6) is 0 Å². The average Bonchev–Trinajstić information content (AvgIpc) is 2.41. The van der Waals surface area contributed by atoms with Gasteiger partial charge in [0.2, 0.25) is 5.91 Å². The summed E-state index contributed by atoms with van der Waals surface area (Å²) in [6.07, 6.45) is 0. The monoisotopic (exact) mass is 413 g/mol. The maximum atomic E-state index is 11.9. The van der Waals surface area contributed by atoms with Gasteiger partial charge in [-0.15, -0.1) is 11.8 Å². The van der Waals surface area contributed by atoms with Crippen LogP contribution in [0.25, 0.3) is 0 Å². The predicted octanol–water partition coefficient (Wildman–Crippen LogP) is 5.25. The lowest BCUT2D eigenvalue weighted by atomic mass is 10.2. The van der Waals surface area contributed by atoms with Gasteiger partial charge in [0.1, 0.15) is 0 Å². The van der Waals surface area contributed by atoms with Gasteiger partial charge in [-0.3, -0.25) is 4.79 Å². The first-order valence-corrected chi connectivity index (χ1v) is 8.56. The van der Waals surface area contributed by atoms with Gasteiger partial charge in [0.05, 0.1) is 11.4 Å². The molecule has 0 radical (unpaired) electrons. The molecule has 2 nitrogen and oxygen atoms in total. The van der Waals surface area contributed by atoms with Crippen molar-refractivity contribution in [1.29, 1.82) is 0 Å². The second-order valence-electron chi connectivity index (χ2n) is 4.27. The Morgan fingerprint density at radius 2 is 1.85 bits per heavy atom. The van der Waals surface area contributed by atoms with Crippen LogP contribution in [-0.4, -0.2) is 11.7 Å². The van der Waals surface area contributed by atoms with Crippen molar-refractivity contribution in [2.75, 3.05) is 11.1 Å². The van der Waals surface area contributed by atoms with E-state index in [2.05, 4.69) is 37.2 Å². The van der Waals surface area contributed by atoms with Gasteiger partial charge in [0.25, 0.3) is 0 Å². The van der Waals surface area contributed by atoms with Crippen LogP contribution < -0.4 is 5.32 Å². The molecule has 2 aromatic carbocycles. The summed E-state index contributed by atoms with van der Waals surface area (Å²) in [5.74, 6) is 0.379. The minimum atomic E-state index is -0.0152. The zero-order chi connectivity index (χ0) is 14.5. The van der Waals surface area contributed by atoms with Crippen LogP contribution in [0.1, 0.15) is 5.56 Å². The molecule has 0 fully saturated rings. The fourth-order valence-electron chi connectivity index (χ4n) is 1.56. The summed E-state index contributed by atoms with van der Waals surface area (Å²) >= 11 is 8.34. The van der Waals surface area contributed by atoms with E-state index in [4.69, 9.17) is 0 Å². The molecule has 0 unspecified atom stereocenters. The summed E-state index contributed by atoms with van der Waals surface area (Å²) < 4.78 is 1.83. The standard InChI is InChI=1S/C15H13Br2NOS/c1-10-2-5-12(6-3-10)20-9-15(19)18-14-7-4-11(16)8-13(14)17/h2-8H,9H2,1H3,(H,18,19). The molecule has 0 atom stereocenters. The first-order valence-electron chi connectivity index (χ1n) is 5.99. The lowest BCUT2D eigenvalue weighted by Crippen LogP contribution is -2.14. The lowest BCUT2D eigenvalue weighted by Gasteiger charge is -2.07. The van der Waals surface area contributed by atoms with Crippen molar-refractivity contribution in [3.8, 4) is 0 Å². The second kappa shape index (κ2) is 7.29. The molecule has 1 N–H and O–H groups in total. The maximum absolute atomic E-state index is 11.9. The zero-order valence-electron chi connectivity index (χ0n) is 10.8. The van der Waals surface area contributed by atoms with Crippen LogP contribution in [0.2, 0.25) is 0 Å². The number of carbonyl (C=O) groups is 1. The molecule has 0 aliphatic rings. The molecule has 0 saturated carbocycles. The fourth-order valence-corrected chi connectivity index (χ4v) is 3.41. The number of thioether (sulfide) groups is 1. The summed E-state index contributed by atoms with van der Waals surface area (Å²) in [5.41, 5.74) is 2.00. The maximum Gasteiger partial charge on any atom is 0.234 e. The van der Waals surface area contributed by atoms with Crippen molar-refractivity contribution in [3.05, 3.63) is 57.0 Å². The fraction of sp³-hybridized carbons (Fsp3) is 0.133. The van der Waals surface area contributed by atoms with E-state index in [9.17, 15) is 4.79 Å². The minimum absolute atomic E-state index is 0.0152. The molecule has 1 amide bonds. The number of hydrogen-bond acceptors (Lipinski definition) is 2. The van der Waals surface area contributed by atoms with E-state index in [1.807, 2.05) is 49.4 Å². The molecule has 20 heavy (non-hydrogen) atoms. The Balaban J connectivity index is 1.90. The number of rotatable bonds is 4. The third-order valence-corrected chi connectivity index (χ3v) is 4.76. The minimum Gasteiger partial charge on any atom is -0.324 e. The van der Waals surface area contributed by atoms with Gasteiger partial charge in [-0.25, -0.2) is 0 Å². The Kier molecular flexibility index (Phi) is 5.69. The van der Waals surface area contributed by atoms with Gasteiger partial charge in [-0.05, 0) is 53.2 Å². The van der Waals surface area contributed by atoms with Gasteiger partial charge >= 0.3 is 0 Å². The first-order chi connectivity index (χ1) is 9.54. The van der Waals surface area contributed by atoms with Crippen LogP contribution in [0.15, 0.2) is 56.3 Å². The van der Waals surface area contributed by atoms with Crippen LogP contribution in [0.3, 0.4) is 0 Å². The third-order valence-electron chi connectivity index (χ3n) is 2.60. The SMILES string of the molecule is Cc1ccc(SCC(=O)Nc2ccc(Br)cc2Br)cc1. The van der Waals surface area contributed by atoms with E-state index in [0.29, 0.717) is 5.75 Å². The number of aryl methyl sites for hydroxylation is 1. The summed E-state index contributed by atoms with van der Waals surface area (Å²) in [4.78, 5) is 13.0. The van der Waals surface area contributed by atoms with Gasteiger partial charge < -0.3 is 5.32 Å². The van der Waals surface area contributed by atoms with E-state index >= 15 is 0 Å². The van der Waals surface area contributed by atoms with Crippen molar-refractivity contribution < 1.29 is 4.79 Å². The largest absolute Gasteiger partial charge is 0.324 e. The predicted molar refractivity (Wildman–Crippen MR) is 92.4 cm³/mol. The molecular weight excluding hydrogens is 402 g/mol. The molecule has 0 heterocycles. The molecule has 2 aromatic rings. The Morgan fingerprint density at radius 3 is 2.50 bits per heavy atom. The number of amides is 1. The van der Waals surface area contributed by atoms with Crippen LogP contribution in [-0.2, 0) is 4.79 Å².